The van der Waals surface area contributed by atoms with Gasteiger partial charge in [-0.25, -0.2) is 0 Å². The van der Waals surface area contributed by atoms with Crippen molar-refractivity contribution in [3.05, 3.63) is 0 Å². The largest absolute Gasteiger partial charge is 0.323 e. The Bertz CT molecular complexity index is 297. The van der Waals surface area contributed by atoms with Gasteiger partial charge in [-0.1, -0.05) is 20.8 Å². The highest BCUT2D eigenvalue weighted by atomic mass is 16.2. The van der Waals surface area contributed by atoms with Gasteiger partial charge in [0.05, 0.1) is 12.2 Å². The van der Waals surface area contributed by atoms with Crippen LogP contribution in [0, 0.1) is 5.92 Å². The standard InChI is InChI=1S/C14H27N3O/c1-5-12-15-13(10(2)3)14(18)17(12)11-6-8-16(4)9-7-11/h10-13,15H,5-9H2,1-4H3. The molecule has 2 unspecified atom stereocenters. The van der Waals surface area contributed by atoms with Gasteiger partial charge < -0.3 is 9.80 Å². The minimum absolute atomic E-state index is 0.0228. The zero-order valence-corrected chi connectivity index (χ0v) is 12.1. The number of rotatable bonds is 3. The first kappa shape index (κ1) is 13.8. The molecule has 2 saturated heterocycles. The highest BCUT2D eigenvalue weighted by Crippen LogP contribution is 2.26. The summed E-state index contributed by atoms with van der Waals surface area (Å²) in [5, 5.41) is 3.51. The van der Waals surface area contributed by atoms with Gasteiger partial charge in [-0.2, -0.15) is 0 Å². The molecule has 2 atom stereocenters. The first-order chi connectivity index (χ1) is 8.54. The summed E-state index contributed by atoms with van der Waals surface area (Å²) in [6, 6.07) is 0.463. The summed E-state index contributed by atoms with van der Waals surface area (Å²) in [6.45, 7) is 8.63. The molecule has 18 heavy (non-hydrogen) atoms. The van der Waals surface area contributed by atoms with Crippen molar-refractivity contribution in [1.82, 2.24) is 15.1 Å². The second kappa shape index (κ2) is 5.57. The van der Waals surface area contributed by atoms with Crippen LogP contribution in [0.4, 0.5) is 0 Å². The molecular formula is C14H27N3O. The van der Waals surface area contributed by atoms with Crippen LogP contribution in [0.2, 0.25) is 0 Å². The van der Waals surface area contributed by atoms with Crippen molar-refractivity contribution in [2.24, 2.45) is 5.92 Å². The molecule has 2 heterocycles. The van der Waals surface area contributed by atoms with E-state index in [1.807, 2.05) is 0 Å². The summed E-state index contributed by atoms with van der Waals surface area (Å²) in [7, 11) is 2.16. The number of piperidine rings is 1. The summed E-state index contributed by atoms with van der Waals surface area (Å²) in [4.78, 5) is 17.0. The van der Waals surface area contributed by atoms with Crippen LogP contribution in [0.5, 0.6) is 0 Å². The van der Waals surface area contributed by atoms with Crippen LogP contribution in [0.3, 0.4) is 0 Å². The highest BCUT2D eigenvalue weighted by molar-refractivity contribution is 5.85. The molecule has 0 radical (unpaired) electrons. The molecule has 2 aliphatic rings. The second-order valence-corrected chi connectivity index (χ2v) is 6.09. The molecule has 0 aliphatic carbocycles. The van der Waals surface area contributed by atoms with Crippen molar-refractivity contribution in [3.63, 3.8) is 0 Å². The highest BCUT2D eigenvalue weighted by Gasteiger charge is 2.43. The number of nitrogens with zero attached hydrogens (tertiary/aromatic N) is 2. The van der Waals surface area contributed by atoms with Crippen LogP contribution in [0.15, 0.2) is 0 Å². The Balaban J connectivity index is 2.07. The predicted molar refractivity (Wildman–Crippen MR) is 73.2 cm³/mol. The van der Waals surface area contributed by atoms with Gasteiger partial charge in [-0.15, -0.1) is 0 Å². The van der Waals surface area contributed by atoms with E-state index in [0.717, 1.165) is 32.4 Å². The summed E-state index contributed by atoms with van der Waals surface area (Å²) >= 11 is 0. The zero-order chi connectivity index (χ0) is 13.3. The average Bonchev–Trinajstić information content (AvgIpc) is 2.67. The molecule has 0 aromatic rings. The monoisotopic (exact) mass is 253 g/mol. The Kier molecular flexibility index (Phi) is 4.28. The fourth-order valence-electron chi connectivity index (χ4n) is 3.17. The molecule has 0 saturated carbocycles. The number of hydrogen-bond acceptors (Lipinski definition) is 3. The summed E-state index contributed by atoms with van der Waals surface area (Å²) in [5.74, 6) is 0.703. The summed E-state index contributed by atoms with van der Waals surface area (Å²) in [6.07, 6.45) is 3.48. The molecule has 2 rings (SSSR count). The Morgan fingerprint density at radius 1 is 1.33 bits per heavy atom. The Hall–Kier alpha value is -0.610. The molecule has 1 amide bonds. The van der Waals surface area contributed by atoms with Crippen molar-refractivity contribution in [2.45, 2.75) is 58.3 Å². The number of amides is 1. The lowest BCUT2D eigenvalue weighted by atomic mass is 10.0. The number of likely N-dealkylation sites (tertiary alicyclic amines) is 1. The zero-order valence-electron chi connectivity index (χ0n) is 12.1. The van der Waals surface area contributed by atoms with Crippen molar-refractivity contribution in [1.29, 1.82) is 0 Å². The van der Waals surface area contributed by atoms with Crippen LogP contribution in [-0.4, -0.2) is 54.1 Å². The van der Waals surface area contributed by atoms with E-state index in [9.17, 15) is 4.79 Å². The van der Waals surface area contributed by atoms with E-state index in [1.54, 1.807) is 0 Å². The van der Waals surface area contributed by atoms with Crippen LogP contribution in [0.25, 0.3) is 0 Å². The van der Waals surface area contributed by atoms with Crippen LogP contribution < -0.4 is 5.32 Å². The van der Waals surface area contributed by atoms with Gasteiger partial charge in [0.25, 0.3) is 0 Å². The summed E-state index contributed by atoms with van der Waals surface area (Å²) in [5.41, 5.74) is 0. The third-order valence-corrected chi connectivity index (χ3v) is 4.36. The van der Waals surface area contributed by atoms with Crippen molar-refractivity contribution in [3.8, 4) is 0 Å². The number of nitrogens with one attached hydrogen (secondary N) is 1. The molecule has 104 valence electrons. The van der Waals surface area contributed by atoms with E-state index >= 15 is 0 Å². The first-order valence-electron chi connectivity index (χ1n) is 7.31. The Labute approximate surface area is 111 Å². The van der Waals surface area contributed by atoms with Gasteiger partial charge in [0, 0.05) is 6.04 Å². The lowest BCUT2D eigenvalue weighted by Gasteiger charge is -2.37. The van der Waals surface area contributed by atoms with E-state index < -0.39 is 0 Å². The average molecular weight is 253 g/mol. The lowest BCUT2D eigenvalue weighted by Crippen LogP contribution is -2.49. The third kappa shape index (κ3) is 2.54. The summed E-state index contributed by atoms with van der Waals surface area (Å²) < 4.78 is 0. The molecule has 2 aliphatic heterocycles. The van der Waals surface area contributed by atoms with E-state index in [0.29, 0.717) is 17.9 Å². The van der Waals surface area contributed by atoms with Crippen molar-refractivity contribution >= 4 is 5.91 Å². The molecule has 0 bridgehead atoms. The molecule has 0 aromatic heterocycles. The fourth-order valence-corrected chi connectivity index (χ4v) is 3.17. The maximum Gasteiger partial charge on any atom is 0.241 e. The van der Waals surface area contributed by atoms with Crippen LogP contribution in [0.1, 0.15) is 40.0 Å². The topological polar surface area (TPSA) is 35.6 Å². The van der Waals surface area contributed by atoms with Gasteiger partial charge in [0.1, 0.15) is 0 Å². The quantitative estimate of drug-likeness (QED) is 0.823. The van der Waals surface area contributed by atoms with Gasteiger partial charge in [-0.3, -0.25) is 10.1 Å². The first-order valence-corrected chi connectivity index (χ1v) is 7.31. The van der Waals surface area contributed by atoms with E-state index in [4.69, 9.17) is 0 Å². The van der Waals surface area contributed by atoms with E-state index in [2.05, 4.69) is 42.9 Å². The van der Waals surface area contributed by atoms with Gasteiger partial charge in [0.2, 0.25) is 5.91 Å². The normalized spacial score (nSPS) is 31.6. The lowest BCUT2D eigenvalue weighted by molar-refractivity contribution is -0.133. The number of carbonyl (C=O) groups is 1. The fraction of sp³-hybridized carbons (Fsp3) is 0.929. The minimum atomic E-state index is 0.0228. The van der Waals surface area contributed by atoms with Crippen molar-refractivity contribution in [2.75, 3.05) is 20.1 Å². The smallest absolute Gasteiger partial charge is 0.241 e. The Morgan fingerprint density at radius 3 is 2.44 bits per heavy atom. The number of carbonyl (C=O) groups excluding carboxylic acids is 1. The minimum Gasteiger partial charge on any atom is -0.323 e. The molecule has 2 fully saturated rings. The molecule has 0 aromatic carbocycles. The Morgan fingerprint density at radius 2 is 1.94 bits per heavy atom. The molecule has 4 nitrogen and oxygen atoms in total. The van der Waals surface area contributed by atoms with Crippen LogP contribution in [-0.2, 0) is 4.79 Å². The SMILES string of the molecule is CCC1NC(C(C)C)C(=O)N1C1CCN(C)CC1. The number of hydrogen-bond donors (Lipinski definition) is 1. The third-order valence-electron chi connectivity index (χ3n) is 4.36. The molecule has 4 heteroatoms. The van der Waals surface area contributed by atoms with Gasteiger partial charge in [-0.05, 0) is 45.3 Å². The maximum absolute atomic E-state index is 12.5. The van der Waals surface area contributed by atoms with Crippen LogP contribution >= 0.6 is 0 Å². The molecule has 1 N–H and O–H groups in total. The molecule has 0 spiro atoms. The van der Waals surface area contributed by atoms with Crippen molar-refractivity contribution < 1.29 is 4.79 Å². The maximum atomic E-state index is 12.5. The predicted octanol–water partition coefficient (Wildman–Crippen LogP) is 1.27. The van der Waals surface area contributed by atoms with Gasteiger partial charge >= 0.3 is 0 Å². The van der Waals surface area contributed by atoms with Gasteiger partial charge in [0.15, 0.2) is 0 Å². The van der Waals surface area contributed by atoms with E-state index in [1.165, 1.54) is 0 Å². The second-order valence-electron chi connectivity index (χ2n) is 6.09. The molecular weight excluding hydrogens is 226 g/mol. The van der Waals surface area contributed by atoms with E-state index in [-0.39, 0.29) is 12.2 Å².